The summed E-state index contributed by atoms with van der Waals surface area (Å²) in [5.41, 5.74) is 3.72. The van der Waals surface area contributed by atoms with Gasteiger partial charge in [0.2, 0.25) is 0 Å². The largest absolute Gasteiger partial charge is 0.497 e. The van der Waals surface area contributed by atoms with Gasteiger partial charge in [0.25, 0.3) is 5.91 Å². The fourth-order valence-electron chi connectivity index (χ4n) is 3.36. The highest BCUT2D eigenvalue weighted by Crippen LogP contribution is 2.27. The lowest BCUT2D eigenvalue weighted by Gasteiger charge is -2.18. The molecule has 1 aliphatic heterocycles. The van der Waals surface area contributed by atoms with Crippen LogP contribution in [0, 0.1) is 6.92 Å². The molecule has 1 aromatic carbocycles. The van der Waals surface area contributed by atoms with Crippen LogP contribution in [0.3, 0.4) is 0 Å². The molecule has 0 spiro atoms. The first-order valence-electron chi connectivity index (χ1n) is 8.84. The highest BCUT2D eigenvalue weighted by Gasteiger charge is 2.33. The third-order valence-electron chi connectivity index (χ3n) is 4.77. The first-order valence-corrected chi connectivity index (χ1v) is 8.84. The number of nitrogens with one attached hydrogen (secondary N) is 2. The predicted octanol–water partition coefficient (Wildman–Crippen LogP) is 3.01. The summed E-state index contributed by atoms with van der Waals surface area (Å²) in [6.07, 6.45) is 4.32. The van der Waals surface area contributed by atoms with Crippen LogP contribution in [0.15, 0.2) is 48.8 Å². The number of carbonyl (C=O) groups excluding carboxylic acids is 1. The van der Waals surface area contributed by atoms with Crippen molar-refractivity contribution in [3.8, 4) is 16.9 Å². The molecule has 1 atom stereocenters. The third kappa shape index (κ3) is 3.36. The molecule has 2 aromatic heterocycles. The molecular weight excluding hydrogens is 342 g/mol. The number of ether oxygens (including phenoxy) is 1. The summed E-state index contributed by atoms with van der Waals surface area (Å²) < 4.78 is 5.24. The summed E-state index contributed by atoms with van der Waals surface area (Å²) in [6, 6.07) is 11.2. The summed E-state index contributed by atoms with van der Waals surface area (Å²) in [5.74, 6) is 1.47. The van der Waals surface area contributed by atoms with Gasteiger partial charge in [-0.15, -0.1) is 0 Å². The summed E-state index contributed by atoms with van der Waals surface area (Å²) in [7, 11) is 1.63. The van der Waals surface area contributed by atoms with Gasteiger partial charge in [0, 0.05) is 41.3 Å². The highest BCUT2D eigenvalue weighted by atomic mass is 16.5. The van der Waals surface area contributed by atoms with Gasteiger partial charge in [-0.1, -0.05) is 6.07 Å². The van der Waals surface area contributed by atoms with Crippen molar-refractivity contribution in [2.24, 2.45) is 0 Å². The van der Waals surface area contributed by atoms with Crippen molar-refractivity contribution in [3.63, 3.8) is 0 Å². The van der Waals surface area contributed by atoms with Gasteiger partial charge in [-0.3, -0.25) is 14.8 Å². The Morgan fingerprint density at radius 1 is 1.30 bits per heavy atom. The molecule has 1 amide bonds. The van der Waals surface area contributed by atoms with Crippen LogP contribution in [0.4, 0.5) is 11.5 Å². The van der Waals surface area contributed by atoms with Gasteiger partial charge in [0.15, 0.2) is 0 Å². The number of pyridine rings is 1. The molecule has 138 valence electrons. The van der Waals surface area contributed by atoms with Gasteiger partial charge in [-0.2, -0.15) is 5.10 Å². The monoisotopic (exact) mass is 363 g/mol. The Hall–Kier alpha value is -3.35. The van der Waals surface area contributed by atoms with E-state index in [4.69, 9.17) is 4.74 Å². The second kappa shape index (κ2) is 7.11. The maximum Gasteiger partial charge on any atom is 0.250 e. The molecule has 1 unspecified atom stereocenters. The Morgan fingerprint density at radius 3 is 2.93 bits per heavy atom. The lowest BCUT2D eigenvalue weighted by molar-refractivity contribution is -0.117. The lowest BCUT2D eigenvalue weighted by atomic mass is 10.1. The Morgan fingerprint density at radius 2 is 2.19 bits per heavy atom. The minimum Gasteiger partial charge on any atom is -0.497 e. The van der Waals surface area contributed by atoms with Crippen LogP contribution < -0.4 is 15.0 Å². The number of rotatable bonds is 5. The average molecular weight is 363 g/mol. The van der Waals surface area contributed by atoms with E-state index in [-0.39, 0.29) is 11.9 Å². The van der Waals surface area contributed by atoms with E-state index in [1.807, 2.05) is 49.5 Å². The second-order valence-electron chi connectivity index (χ2n) is 6.50. The van der Waals surface area contributed by atoms with E-state index in [0.29, 0.717) is 12.4 Å². The second-order valence-corrected chi connectivity index (χ2v) is 6.50. The van der Waals surface area contributed by atoms with Gasteiger partial charge in [0.1, 0.15) is 17.6 Å². The Kier molecular flexibility index (Phi) is 4.50. The molecule has 1 aliphatic rings. The van der Waals surface area contributed by atoms with E-state index in [2.05, 4.69) is 20.5 Å². The number of aryl methyl sites for hydroxylation is 1. The number of H-pyrrole nitrogens is 1. The average Bonchev–Trinajstić information content (AvgIpc) is 3.33. The molecule has 1 fully saturated rings. The Labute approximate surface area is 157 Å². The van der Waals surface area contributed by atoms with Gasteiger partial charge in [0.05, 0.1) is 13.3 Å². The molecule has 4 rings (SSSR count). The standard InChI is InChI=1S/C20H21N5O2/c1-13-17(14-11-21-22-12-14)6-7-19(23-13)25-9-8-18(20(25)26)24-15-4-3-5-16(10-15)27-2/h3-7,10-12,18,24H,8-9H2,1-2H3,(H,21,22). The van der Waals surface area contributed by atoms with Crippen molar-refractivity contribution in [2.45, 2.75) is 19.4 Å². The van der Waals surface area contributed by atoms with Crippen LogP contribution in [0.1, 0.15) is 12.1 Å². The molecule has 7 heteroatoms. The molecule has 0 bridgehead atoms. The van der Waals surface area contributed by atoms with E-state index >= 15 is 0 Å². The fourth-order valence-corrected chi connectivity index (χ4v) is 3.36. The number of aromatic nitrogens is 3. The third-order valence-corrected chi connectivity index (χ3v) is 4.77. The number of methoxy groups -OCH3 is 1. The number of nitrogens with zero attached hydrogens (tertiary/aromatic N) is 3. The first kappa shape index (κ1) is 17.1. The molecule has 0 saturated carbocycles. The normalized spacial score (nSPS) is 16.6. The first-order chi connectivity index (χ1) is 13.2. The van der Waals surface area contributed by atoms with Crippen LogP contribution >= 0.6 is 0 Å². The van der Waals surface area contributed by atoms with Crippen molar-refractivity contribution in [2.75, 3.05) is 23.9 Å². The molecule has 27 heavy (non-hydrogen) atoms. The number of anilines is 2. The minimum absolute atomic E-state index is 0.0285. The van der Waals surface area contributed by atoms with Crippen molar-refractivity contribution < 1.29 is 9.53 Å². The smallest absolute Gasteiger partial charge is 0.250 e. The predicted molar refractivity (Wildman–Crippen MR) is 104 cm³/mol. The molecule has 0 radical (unpaired) electrons. The quantitative estimate of drug-likeness (QED) is 0.728. The molecule has 3 aromatic rings. The van der Waals surface area contributed by atoms with E-state index in [9.17, 15) is 4.79 Å². The van der Waals surface area contributed by atoms with Crippen molar-refractivity contribution in [3.05, 3.63) is 54.5 Å². The zero-order valence-corrected chi connectivity index (χ0v) is 15.3. The maximum atomic E-state index is 12.9. The molecular formula is C20H21N5O2. The van der Waals surface area contributed by atoms with Gasteiger partial charge in [-0.25, -0.2) is 4.98 Å². The summed E-state index contributed by atoms with van der Waals surface area (Å²) >= 11 is 0. The Balaban J connectivity index is 1.51. The molecule has 1 saturated heterocycles. The zero-order chi connectivity index (χ0) is 18.8. The van der Waals surface area contributed by atoms with Crippen LogP contribution in [0.2, 0.25) is 0 Å². The van der Waals surface area contributed by atoms with Crippen LogP contribution in [-0.2, 0) is 4.79 Å². The maximum absolute atomic E-state index is 12.9. The number of aromatic amines is 1. The van der Waals surface area contributed by atoms with E-state index in [0.717, 1.165) is 34.7 Å². The summed E-state index contributed by atoms with van der Waals surface area (Å²) in [4.78, 5) is 19.3. The SMILES string of the molecule is COc1cccc(NC2CCN(c3ccc(-c4cn[nH]c4)c(C)n3)C2=O)c1. The van der Waals surface area contributed by atoms with Crippen molar-refractivity contribution >= 4 is 17.4 Å². The topological polar surface area (TPSA) is 83.1 Å². The zero-order valence-electron chi connectivity index (χ0n) is 15.3. The number of hydrogen-bond acceptors (Lipinski definition) is 5. The van der Waals surface area contributed by atoms with E-state index in [1.165, 1.54) is 0 Å². The van der Waals surface area contributed by atoms with E-state index < -0.39 is 0 Å². The van der Waals surface area contributed by atoms with E-state index in [1.54, 1.807) is 18.2 Å². The summed E-state index contributed by atoms with van der Waals surface area (Å²) in [5, 5.41) is 10.1. The molecule has 3 heterocycles. The highest BCUT2D eigenvalue weighted by molar-refractivity contribution is 6.00. The summed E-state index contributed by atoms with van der Waals surface area (Å²) in [6.45, 7) is 2.58. The number of amides is 1. The molecule has 0 aliphatic carbocycles. The van der Waals surface area contributed by atoms with Gasteiger partial charge >= 0.3 is 0 Å². The van der Waals surface area contributed by atoms with Gasteiger partial charge in [-0.05, 0) is 37.6 Å². The molecule has 7 nitrogen and oxygen atoms in total. The minimum atomic E-state index is -0.271. The van der Waals surface area contributed by atoms with Crippen LogP contribution in [0.25, 0.3) is 11.1 Å². The van der Waals surface area contributed by atoms with Gasteiger partial charge < -0.3 is 10.1 Å². The van der Waals surface area contributed by atoms with Crippen molar-refractivity contribution in [1.82, 2.24) is 15.2 Å². The Bertz CT molecular complexity index is 955. The fraction of sp³-hybridized carbons (Fsp3) is 0.250. The number of carbonyl (C=O) groups is 1. The van der Waals surface area contributed by atoms with Crippen molar-refractivity contribution in [1.29, 1.82) is 0 Å². The molecule has 2 N–H and O–H groups in total. The van der Waals surface area contributed by atoms with Crippen LogP contribution in [0.5, 0.6) is 5.75 Å². The lowest BCUT2D eigenvalue weighted by Crippen LogP contribution is -2.34. The van der Waals surface area contributed by atoms with Crippen LogP contribution in [-0.4, -0.2) is 40.8 Å². The number of hydrogen-bond donors (Lipinski definition) is 2. The number of benzene rings is 1.